The van der Waals surface area contributed by atoms with Crippen LogP contribution in [0.4, 0.5) is 0 Å². The quantitative estimate of drug-likeness (QED) is 0.333. The van der Waals surface area contributed by atoms with Gasteiger partial charge < -0.3 is 10.2 Å². The molecule has 0 spiro atoms. The number of aliphatic hydroxyl groups excluding tert-OH is 1. The van der Waals surface area contributed by atoms with Crippen LogP contribution in [0, 0.1) is 0 Å². The van der Waals surface area contributed by atoms with E-state index in [4.69, 9.17) is 10.2 Å². The van der Waals surface area contributed by atoms with E-state index >= 15 is 0 Å². The predicted molar refractivity (Wildman–Crippen MR) is 26.4 cm³/mol. The summed E-state index contributed by atoms with van der Waals surface area (Å²) in [5.74, 6) is 0. The summed E-state index contributed by atoms with van der Waals surface area (Å²) in [4.78, 5) is 0. The molecule has 5 heavy (non-hydrogen) atoms. The van der Waals surface area contributed by atoms with Crippen LogP contribution in [0.3, 0.4) is 0 Å². The van der Waals surface area contributed by atoms with E-state index < -0.39 is 5.24 Å². The summed E-state index contributed by atoms with van der Waals surface area (Å²) in [6.45, 7) is 0. The number of hydrogen-bond acceptors (Lipinski definition) is 1. The van der Waals surface area contributed by atoms with E-state index in [1.54, 1.807) is 0 Å². The molecule has 0 aliphatic carbocycles. The van der Waals surface area contributed by atoms with Crippen LogP contribution in [0.2, 0.25) is 0 Å². The zero-order valence-electron chi connectivity index (χ0n) is 1.80. The molecule has 28 valence electrons. The molecule has 2 nitrogen and oxygen atoms in total. The Kier molecular flexibility index (Phi) is 9.25. The predicted octanol–water partition coefficient (Wildman–Crippen LogP) is -0.529. The van der Waals surface area contributed by atoms with E-state index in [9.17, 15) is 0 Å². The van der Waals surface area contributed by atoms with Gasteiger partial charge in [-0.2, -0.15) is 0 Å². The van der Waals surface area contributed by atoms with Crippen molar-refractivity contribution in [2.45, 2.75) is 0 Å². The molecular formula is CH4CaO2S. The summed E-state index contributed by atoms with van der Waals surface area (Å²) in [5, 5.41) is 13.7. The van der Waals surface area contributed by atoms with Gasteiger partial charge in [-0.15, -0.1) is 0 Å². The average Bonchev–Trinajstić information content (AvgIpc) is 0.811. The summed E-state index contributed by atoms with van der Waals surface area (Å²) in [6.07, 6.45) is 0. The van der Waals surface area contributed by atoms with E-state index in [-0.39, 0.29) is 37.7 Å². The SMILES string of the molecule is OC(O)=S.[CaH2]. The molecule has 0 fully saturated rings. The first-order valence-electron chi connectivity index (χ1n) is 0.651. The van der Waals surface area contributed by atoms with Gasteiger partial charge in [0.15, 0.2) is 0 Å². The van der Waals surface area contributed by atoms with Crippen molar-refractivity contribution in [3.05, 3.63) is 0 Å². The number of aliphatic hydroxyl groups is 2. The molecular weight excluding hydrogens is 116 g/mol. The zero-order valence-corrected chi connectivity index (χ0v) is 2.62. The molecule has 0 aromatic heterocycles. The van der Waals surface area contributed by atoms with Gasteiger partial charge in [-0.05, 0) is 0 Å². The van der Waals surface area contributed by atoms with Crippen LogP contribution in [0.1, 0.15) is 0 Å². The number of thiocarbonyl (C=S) groups is 1. The van der Waals surface area contributed by atoms with Gasteiger partial charge in [0.05, 0.1) is 0 Å². The molecule has 0 aromatic carbocycles. The Bertz CT molecular complexity index is 32.6. The summed E-state index contributed by atoms with van der Waals surface area (Å²) >= 11 is 3.65. The number of hydrogen-bond donors (Lipinski definition) is 2. The van der Waals surface area contributed by atoms with Crippen LogP contribution in [-0.2, 0) is 0 Å². The average molecular weight is 120 g/mol. The Morgan fingerprint density at radius 1 is 1.40 bits per heavy atom. The van der Waals surface area contributed by atoms with E-state index in [1.807, 2.05) is 0 Å². The van der Waals surface area contributed by atoms with Gasteiger partial charge in [0.2, 0.25) is 0 Å². The van der Waals surface area contributed by atoms with Crippen molar-refractivity contribution in [3.8, 4) is 0 Å². The van der Waals surface area contributed by atoms with Crippen molar-refractivity contribution in [1.82, 2.24) is 0 Å². The first kappa shape index (κ1) is 9.34. The van der Waals surface area contributed by atoms with E-state index in [0.29, 0.717) is 0 Å². The molecule has 0 unspecified atom stereocenters. The molecule has 0 aliphatic heterocycles. The van der Waals surface area contributed by atoms with Gasteiger partial charge in [0.25, 0.3) is 0 Å². The monoisotopic (exact) mass is 120 g/mol. The van der Waals surface area contributed by atoms with Gasteiger partial charge in [0, 0.05) is 12.2 Å². The maximum absolute atomic E-state index is 7.34. The van der Waals surface area contributed by atoms with Crippen LogP contribution >= 0.6 is 12.2 Å². The second kappa shape index (κ2) is 4.95. The van der Waals surface area contributed by atoms with Gasteiger partial charge >= 0.3 is 43.0 Å². The maximum atomic E-state index is 7.34. The summed E-state index contributed by atoms with van der Waals surface area (Å²) in [6, 6.07) is 0. The van der Waals surface area contributed by atoms with Gasteiger partial charge in [-0.3, -0.25) is 0 Å². The molecule has 4 heteroatoms. The summed E-state index contributed by atoms with van der Waals surface area (Å²) < 4.78 is 0. The van der Waals surface area contributed by atoms with E-state index in [0.717, 1.165) is 0 Å². The fourth-order valence-electron chi connectivity index (χ4n) is 0. The Balaban J connectivity index is 0. The van der Waals surface area contributed by atoms with Crippen LogP contribution in [0.15, 0.2) is 0 Å². The standard InChI is InChI=1S/CH2O2S.Ca.2H/c2-1(3)4;;;/h(H2,2,3,4);;;. The van der Waals surface area contributed by atoms with Crippen LogP contribution in [0.25, 0.3) is 0 Å². The second-order valence-corrected chi connectivity index (χ2v) is 0.648. The Labute approximate surface area is 64.8 Å². The third kappa shape index (κ3) is 47.7. The zero-order chi connectivity index (χ0) is 3.58. The summed E-state index contributed by atoms with van der Waals surface area (Å²) in [5.41, 5.74) is 0. The molecule has 0 aliphatic rings. The Morgan fingerprint density at radius 3 is 1.40 bits per heavy atom. The first-order valence-corrected chi connectivity index (χ1v) is 1.06. The van der Waals surface area contributed by atoms with E-state index in [1.165, 1.54) is 0 Å². The van der Waals surface area contributed by atoms with Crippen molar-refractivity contribution >= 4 is 55.2 Å². The van der Waals surface area contributed by atoms with Crippen molar-refractivity contribution in [2.24, 2.45) is 0 Å². The van der Waals surface area contributed by atoms with Crippen LogP contribution in [-0.4, -0.2) is 53.2 Å². The van der Waals surface area contributed by atoms with Crippen LogP contribution in [0.5, 0.6) is 0 Å². The normalized spacial score (nSPS) is 4.80. The van der Waals surface area contributed by atoms with Crippen molar-refractivity contribution < 1.29 is 10.2 Å². The molecule has 0 rings (SSSR count). The van der Waals surface area contributed by atoms with Crippen molar-refractivity contribution in [3.63, 3.8) is 0 Å². The molecule has 0 saturated heterocycles. The minimum absolute atomic E-state index is 0. The Morgan fingerprint density at radius 2 is 1.40 bits per heavy atom. The third-order valence-corrected chi connectivity index (χ3v) is 0. The van der Waals surface area contributed by atoms with Gasteiger partial charge in [-0.1, -0.05) is 0 Å². The van der Waals surface area contributed by atoms with Gasteiger partial charge in [0.1, 0.15) is 0 Å². The Hall–Kier alpha value is 0.950. The molecule has 0 aromatic rings. The first-order chi connectivity index (χ1) is 1.73. The van der Waals surface area contributed by atoms with Crippen LogP contribution < -0.4 is 0 Å². The number of rotatable bonds is 0. The van der Waals surface area contributed by atoms with E-state index in [2.05, 4.69) is 12.2 Å². The molecule has 0 amide bonds. The molecule has 0 radical (unpaired) electrons. The second-order valence-electron chi connectivity index (χ2n) is 0.283. The van der Waals surface area contributed by atoms with Crippen molar-refractivity contribution in [1.29, 1.82) is 0 Å². The molecule has 2 N–H and O–H groups in total. The minimum atomic E-state index is -1.000. The third-order valence-electron chi connectivity index (χ3n) is 0. The molecule has 0 bridgehead atoms. The fraction of sp³-hybridized carbons (Fsp3) is 0. The van der Waals surface area contributed by atoms with Crippen molar-refractivity contribution in [2.75, 3.05) is 0 Å². The van der Waals surface area contributed by atoms with Gasteiger partial charge in [-0.25, -0.2) is 0 Å². The fourth-order valence-corrected chi connectivity index (χ4v) is 0. The topological polar surface area (TPSA) is 40.5 Å². The summed E-state index contributed by atoms with van der Waals surface area (Å²) in [7, 11) is 0. The molecule has 0 atom stereocenters. The molecule has 0 heterocycles. The molecule has 0 saturated carbocycles.